The molecule has 1 nitrogen and oxygen atoms in total. The summed E-state index contributed by atoms with van der Waals surface area (Å²) in [5, 5.41) is 1.74. The molecule has 0 aliphatic carbocycles. The highest BCUT2D eigenvalue weighted by molar-refractivity contribution is 7.10. The van der Waals surface area contributed by atoms with Crippen molar-refractivity contribution < 1.29 is 22.4 Å². The number of carbonyl (C=O) groups excluding carboxylic acids is 1. The van der Waals surface area contributed by atoms with Gasteiger partial charge in [-0.3, -0.25) is 4.79 Å². The number of rotatable bonds is 3. The first-order valence-corrected chi connectivity index (χ1v) is 6.19. The van der Waals surface area contributed by atoms with Crippen LogP contribution in [0.1, 0.15) is 20.8 Å². The third kappa shape index (κ3) is 3.01. The first-order chi connectivity index (χ1) is 8.89. The summed E-state index contributed by atoms with van der Waals surface area (Å²) in [7, 11) is 0. The van der Waals surface area contributed by atoms with Crippen molar-refractivity contribution in [3.8, 4) is 0 Å². The first-order valence-electron chi connectivity index (χ1n) is 5.31. The molecule has 0 atom stereocenters. The van der Waals surface area contributed by atoms with E-state index in [0.29, 0.717) is 10.9 Å². The van der Waals surface area contributed by atoms with Gasteiger partial charge < -0.3 is 0 Å². The summed E-state index contributed by atoms with van der Waals surface area (Å²) in [6.07, 6.45) is -4.90. The van der Waals surface area contributed by atoms with Crippen molar-refractivity contribution in [3.05, 3.63) is 57.5 Å². The Balaban J connectivity index is 2.33. The van der Waals surface area contributed by atoms with Gasteiger partial charge in [0.2, 0.25) is 0 Å². The van der Waals surface area contributed by atoms with Crippen LogP contribution in [-0.4, -0.2) is 5.78 Å². The van der Waals surface area contributed by atoms with Crippen LogP contribution in [0.5, 0.6) is 0 Å². The maximum absolute atomic E-state index is 13.7. The fourth-order valence-corrected chi connectivity index (χ4v) is 2.34. The molecular formula is C13H8F4OS. The smallest absolute Gasteiger partial charge is 0.294 e. The van der Waals surface area contributed by atoms with Crippen LogP contribution in [0.3, 0.4) is 0 Å². The van der Waals surface area contributed by atoms with Gasteiger partial charge in [-0.15, -0.1) is 11.3 Å². The molecule has 0 N–H and O–H groups in total. The summed E-state index contributed by atoms with van der Waals surface area (Å²) < 4.78 is 51.3. The highest BCUT2D eigenvalue weighted by Gasteiger charge is 2.35. The zero-order chi connectivity index (χ0) is 14.0. The Morgan fingerprint density at radius 2 is 1.89 bits per heavy atom. The minimum absolute atomic E-state index is 0.101. The van der Waals surface area contributed by atoms with Crippen LogP contribution in [0.4, 0.5) is 17.6 Å². The van der Waals surface area contributed by atoms with Crippen LogP contribution in [0.15, 0.2) is 35.7 Å². The molecule has 19 heavy (non-hydrogen) atoms. The van der Waals surface area contributed by atoms with Crippen molar-refractivity contribution in [2.75, 3.05) is 0 Å². The van der Waals surface area contributed by atoms with Crippen LogP contribution in [0, 0.1) is 5.82 Å². The second-order valence-electron chi connectivity index (χ2n) is 3.84. The highest BCUT2D eigenvalue weighted by Crippen LogP contribution is 2.32. The topological polar surface area (TPSA) is 17.1 Å². The van der Waals surface area contributed by atoms with Gasteiger partial charge in [0.1, 0.15) is 5.82 Å². The normalized spacial score (nSPS) is 11.6. The Kier molecular flexibility index (Phi) is 3.71. The minimum Gasteiger partial charge on any atom is -0.294 e. The van der Waals surface area contributed by atoms with E-state index in [9.17, 15) is 22.4 Å². The molecule has 0 spiro atoms. The molecule has 2 rings (SSSR count). The second-order valence-corrected chi connectivity index (χ2v) is 4.88. The van der Waals surface area contributed by atoms with Gasteiger partial charge in [-0.1, -0.05) is 12.1 Å². The highest BCUT2D eigenvalue weighted by atomic mass is 32.1. The molecule has 2 aromatic rings. The number of carbonyl (C=O) groups is 1. The van der Waals surface area contributed by atoms with Crippen LogP contribution in [-0.2, 0) is 12.6 Å². The van der Waals surface area contributed by atoms with E-state index >= 15 is 0 Å². The summed E-state index contributed by atoms with van der Waals surface area (Å²) in [6.45, 7) is 0. The van der Waals surface area contributed by atoms with E-state index in [1.165, 1.54) is 11.3 Å². The standard InChI is InChI=1S/C13H8F4OS/c14-12-9(4-1-5-10(12)13(15,16)17)11(18)7-8-3-2-6-19-8/h1-6H,7H2. The molecular weight excluding hydrogens is 280 g/mol. The van der Waals surface area contributed by atoms with Gasteiger partial charge in [-0.2, -0.15) is 13.2 Å². The largest absolute Gasteiger partial charge is 0.419 e. The predicted octanol–water partition coefficient (Wildman–Crippen LogP) is 4.33. The summed E-state index contributed by atoms with van der Waals surface area (Å²) in [5.74, 6) is -2.16. The number of benzene rings is 1. The Hall–Kier alpha value is -1.69. The molecule has 0 fully saturated rings. The monoisotopic (exact) mass is 288 g/mol. The molecule has 0 amide bonds. The van der Waals surface area contributed by atoms with Crippen molar-refractivity contribution in [3.63, 3.8) is 0 Å². The van der Waals surface area contributed by atoms with Gasteiger partial charge >= 0.3 is 6.18 Å². The summed E-state index contributed by atoms with van der Waals surface area (Å²) >= 11 is 1.30. The van der Waals surface area contributed by atoms with Crippen LogP contribution >= 0.6 is 11.3 Å². The average Bonchev–Trinajstić information content (AvgIpc) is 2.80. The van der Waals surface area contributed by atoms with E-state index in [0.717, 1.165) is 12.1 Å². The molecule has 0 radical (unpaired) electrons. The lowest BCUT2D eigenvalue weighted by Gasteiger charge is -2.10. The lowest BCUT2D eigenvalue weighted by atomic mass is 10.0. The van der Waals surface area contributed by atoms with Crippen molar-refractivity contribution in [1.82, 2.24) is 0 Å². The zero-order valence-corrected chi connectivity index (χ0v) is 10.3. The molecule has 0 saturated heterocycles. The van der Waals surface area contributed by atoms with Crippen molar-refractivity contribution in [2.45, 2.75) is 12.6 Å². The number of ketones is 1. The van der Waals surface area contributed by atoms with E-state index in [1.807, 2.05) is 0 Å². The summed E-state index contributed by atoms with van der Waals surface area (Å²) in [4.78, 5) is 12.5. The van der Waals surface area contributed by atoms with Gasteiger partial charge in [0, 0.05) is 11.3 Å². The predicted molar refractivity (Wildman–Crippen MR) is 63.8 cm³/mol. The third-order valence-electron chi connectivity index (χ3n) is 2.52. The fraction of sp³-hybridized carbons (Fsp3) is 0.154. The Morgan fingerprint density at radius 3 is 2.47 bits per heavy atom. The Bertz CT molecular complexity index is 587. The van der Waals surface area contributed by atoms with E-state index in [2.05, 4.69) is 0 Å². The van der Waals surface area contributed by atoms with Crippen molar-refractivity contribution in [1.29, 1.82) is 0 Å². The number of halogens is 4. The summed E-state index contributed by atoms with van der Waals surface area (Å²) in [6, 6.07) is 6.12. The van der Waals surface area contributed by atoms with Gasteiger partial charge in [-0.05, 0) is 23.6 Å². The molecule has 1 aromatic carbocycles. The molecule has 0 aliphatic rings. The molecule has 100 valence electrons. The molecule has 0 unspecified atom stereocenters. The Labute approximate surface area is 110 Å². The van der Waals surface area contributed by atoms with Crippen LogP contribution in [0.25, 0.3) is 0 Å². The SMILES string of the molecule is O=C(Cc1cccs1)c1cccc(C(F)(F)F)c1F. The zero-order valence-electron chi connectivity index (χ0n) is 9.50. The second kappa shape index (κ2) is 5.13. The molecule has 0 saturated carbocycles. The van der Waals surface area contributed by atoms with Crippen LogP contribution in [0.2, 0.25) is 0 Å². The number of hydrogen-bond donors (Lipinski definition) is 0. The molecule has 0 aliphatic heterocycles. The first kappa shape index (κ1) is 13.7. The van der Waals surface area contributed by atoms with Gasteiger partial charge in [0.05, 0.1) is 11.1 Å². The molecule has 1 aromatic heterocycles. The lowest BCUT2D eigenvalue weighted by molar-refractivity contribution is -0.140. The third-order valence-corrected chi connectivity index (χ3v) is 3.40. The van der Waals surface area contributed by atoms with Crippen molar-refractivity contribution in [2.24, 2.45) is 0 Å². The maximum Gasteiger partial charge on any atom is 0.419 e. The van der Waals surface area contributed by atoms with E-state index in [1.54, 1.807) is 17.5 Å². The number of Topliss-reactive ketones (excluding diaryl/α,β-unsaturated/α-hetero) is 1. The Morgan fingerprint density at radius 1 is 1.16 bits per heavy atom. The van der Waals surface area contributed by atoms with E-state index in [-0.39, 0.29) is 6.42 Å². The van der Waals surface area contributed by atoms with Gasteiger partial charge in [0.15, 0.2) is 5.78 Å². The van der Waals surface area contributed by atoms with Gasteiger partial charge in [0.25, 0.3) is 0 Å². The molecule has 1 heterocycles. The van der Waals surface area contributed by atoms with Gasteiger partial charge in [-0.25, -0.2) is 4.39 Å². The van der Waals surface area contributed by atoms with E-state index in [4.69, 9.17) is 0 Å². The molecule has 6 heteroatoms. The minimum atomic E-state index is -4.80. The summed E-state index contributed by atoms with van der Waals surface area (Å²) in [5.41, 5.74) is -1.94. The van der Waals surface area contributed by atoms with Crippen LogP contribution < -0.4 is 0 Å². The molecule has 0 bridgehead atoms. The average molecular weight is 288 g/mol. The number of alkyl halides is 3. The number of thiophene rings is 1. The van der Waals surface area contributed by atoms with E-state index < -0.39 is 28.9 Å². The quantitative estimate of drug-likeness (QED) is 0.607. The lowest BCUT2D eigenvalue weighted by Crippen LogP contribution is -2.13. The van der Waals surface area contributed by atoms with Crippen molar-refractivity contribution >= 4 is 17.1 Å². The number of hydrogen-bond acceptors (Lipinski definition) is 2. The maximum atomic E-state index is 13.7. The fourth-order valence-electron chi connectivity index (χ4n) is 1.63.